The van der Waals surface area contributed by atoms with Crippen LogP contribution in [0.5, 0.6) is 0 Å². The number of nitrogens with one attached hydrogen (secondary N) is 1. The summed E-state index contributed by atoms with van der Waals surface area (Å²) in [5, 5.41) is 2.50. The Bertz CT molecular complexity index is 988. The van der Waals surface area contributed by atoms with Crippen molar-refractivity contribution < 1.29 is 23.5 Å². The van der Waals surface area contributed by atoms with Crippen molar-refractivity contribution in [2.45, 2.75) is 19.8 Å². The van der Waals surface area contributed by atoms with Gasteiger partial charge in [0.25, 0.3) is 11.8 Å². The minimum atomic E-state index is -0.721. The van der Waals surface area contributed by atoms with Gasteiger partial charge < -0.3 is 10.1 Å². The van der Waals surface area contributed by atoms with Crippen LogP contribution < -0.4 is 10.2 Å². The van der Waals surface area contributed by atoms with Crippen LogP contribution in [-0.4, -0.2) is 24.4 Å². The van der Waals surface area contributed by atoms with E-state index in [2.05, 4.69) is 5.32 Å². The molecular weight excluding hydrogens is 399 g/mol. The SMILES string of the molecule is CCCCOC(=O)c1cccc(NC2=C(Cl)C(=O)N(c3ccc(F)cc3)C2=O)c1. The molecular formula is C21H18ClFN2O4. The molecule has 0 saturated heterocycles. The number of halogens is 2. The van der Waals surface area contributed by atoms with Gasteiger partial charge in [-0.3, -0.25) is 9.59 Å². The molecule has 0 spiro atoms. The summed E-state index contributed by atoms with van der Waals surface area (Å²) in [6.07, 6.45) is 1.67. The topological polar surface area (TPSA) is 75.7 Å². The number of hydrogen-bond donors (Lipinski definition) is 1. The second-order valence-electron chi connectivity index (χ2n) is 6.31. The number of carbonyl (C=O) groups is 3. The van der Waals surface area contributed by atoms with Crippen LogP contribution in [-0.2, 0) is 14.3 Å². The third kappa shape index (κ3) is 4.46. The van der Waals surface area contributed by atoms with Gasteiger partial charge in [0.1, 0.15) is 16.5 Å². The summed E-state index contributed by atoms with van der Waals surface area (Å²) in [6.45, 7) is 2.31. The number of hydrogen-bond acceptors (Lipinski definition) is 5. The Hall–Kier alpha value is -3.19. The van der Waals surface area contributed by atoms with E-state index in [-0.39, 0.29) is 16.4 Å². The number of benzene rings is 2. The highest BCUT2D eigenvalue weighted by atomic mass is 35.5. The first-order chi connectivity index (χ1) is 13.9. The molecule has 1 N–H and O–H groups in total. The summed E-state index contributed by atoms with van der Waals surface area (Å²) in [5.74, 6) is -2.37. The molecule has 0 radical (unpaired) electrons. The largest absolute Gasteiger partial charge is 0.462 e. The molecule has 0 bridgehead atoms. The molecule has 1 heterocycles. The van der Waals surface area contributed by atoms with Crippen molar-refractivity contribution >= 4 is 40.8 Å². The van der Waals surface area contributed by atoms with Gasteiger partial charge in [-0.2, -0.15) is 0 Å². The molecule has 2 aromatic carbocycles. The third-order valence-electron chi connectivity index (χ3n) is 4.21. The van der Waals surface area contributed by atoms with Gasteiger partial charge in [-0.25, -0.2) is 14.1 Å². The predicted molar refractivity (Wildman–Crippen MR) is 107 cm³/mol. The van der Waals surface area contributed by atoms with Gasteiger partial charge in [0, 0.05) is 5.69 Å². The summed E-state index contributed by atoms with van der Waals surface area (Å²) < 4.78 is 18.3. The molecule has 29 heavy (non-hydrogen) atoms. The van der Waals surface area contributed by atoms with E-state index in [1.807, 2.05) is 6.92 Å². The van der Waals surface area contributed by atoms with Crippen LogP contribution in [0.3, 0.4) is 0 Å². The molecule has 0 fully saturated rings. The van der Waals surface area contributed by atoms with Crippen LogP contribution in [0.25, 0.3) is 0 Å². The second-order valence-corrected chi connectivity index (χ2v) is 6.68. The summed E-state index contributed by atoms with van der Waals surface area (Å²) in [6, 6.07) is 11.2. The molecule has 6 nitrogen and oxygen atoms in total. The zero-order valence-electron chi connectivity index (χ0n) is 15.6. The van der Waals surface area contributed by atoms with Gasteiger partial charge in [-0.1, -0.05) is 31.0 Å². The zero-order chi connectivity index (χ0) is 21.0. The molecule has 1 aliphatic rings. The van der Waals surface area contributed by atoms with Crippen LogP contribution >= 0.6 is 11.6 Å². The van der Waals surface area contributed by atoms with Gasteiger partial charge >= 0.3 is 5.97 Å². The molecule has 0 saturated carbocycles. The lowest BCUT2D eigenvalue weighted by Crippen LogP contribution is -2.32. The number of nitrogens with zero attached hydrogens (tertiary/aromatic N) is 1. The highest BCUT2D eigenvalue weighted by Crippen LogP contribution is 2.30. The van der Waals surface area contributed by atoms with Crippen molar-refractivity contribution in [3.05, 3.63) is 70.6 Å². The van der Waals surface area contributed by atoms with Gasteiger partial charge in [0.05, 0.1) is 17.9 Å². The van der Waals surface area contributed by atoms with E-state index >= 15 is 0 Å². The minimum Gasteiger partial charge on any atom is -0.462 e. The van der Waals surface area contributed by atoms with Crippen LogP contribution in [0.1, 0.15) is 30.1 Å². The Morgan fingerprint density at radius 3 is 2.55 bits per heavy atom. The van der Waals surface area contributed by atoms with E-state index in [0.29, 0.717) is 17.9 Å². The van der Waals surface area contributed by atoms with E-state index in [1.54, 1.807) is 18.2 Å². The lowest BCUT2D eigenvalue weighted by atomic mass is 10.2. The fourth-order valence-electron chi connectivity index (χ4n) is 2.70. The zero-order valence-corrected chi connectivity index (χ0v) is 16.3. The van der Waals surface area contributed by atoms with Crippen LogP contribution in [0.4, 0.5) is 15.8 Å². The van der Waals surface area contributed by atoms with Crippen molar-refractivity contribution in [3.8, 4) is 0 Å². The second kappa shape index (κ2) is 8.87. The van der Waals surface area contributed by atoms with Crippen molar-refractivity contribution in [3.63, 3.8) is 0 Å². The number of carbonyl (C=O) groups excluding carboxylic acids is 3. The summed E-state index contributed by atoms with van der Waals surface area (Å²) >= 11 is 6.08. The predicted octanol–water partition coefficient (Wildman–Crippen LogP) is 4.22. The molecule has 2 aromatic rings. The maximum absolute atomic E-state index is 13.1. The molecule has 3 rings (SSSR count). The van der Waals surface area contributed by atoms with Gasteiger partial charge in [0.15, 0.2) is 0 Å². The Morgan fingerprint density at radius 2 is 1.86 bits per heavy atom. The highest BCUT2D eigenvalue weighted by molar-refractivity contribution is 6.53. The summed E-state index contributed by atoms with van der Waals surface area (Å²) in [4.78, 5) is 38.1. The lowest BCUT2D eigenvalue weighted by Gasteiger charge is -2.15. The molecule has 0 atom stereocenters. The minimum absolute atomic E-state index is 0.127. The fourth-order valence-corrected chi connectivity index (χ4v) is 2.91. The smallest absolute Gasteiger partial charge is 0.338 e. The quantitative estimate of drug-likeness (QED) is 0.415. The first-order valence-electron chi connectivity index (χ1n) is 9.00. The molecule has 2 amide bonds. The highest BCUT2D eigenvalue weighted by Gasteiger charge is 2.39. The Balaban J connectivity index is 1.78. The van der Waals surface area contributed by atoms with Crippen LogP contribution in [0, 0.1) is 5.82 Å². The molecule has 150 valence electrons. The van der Waals surface area contributed by atoms with Crippen molar-refractivity contribution in [1.82, 2.24) is 0 Å². The average molecular weight is 417 g/mol. The molecule has 0 aliphatic carbocycles. The van der Waals surface area contributed by atoms with Crippen LogP contribution in [0.2, 0.25) is 0 Å². The summed E-state index contributed by atoms with van der Waals surface area (Å²) in [7, 11) is 0. The first-order valence-corrected chi connectivity index (χ1v) is 9.38. The lowest BCUT2D eigenvalue weighted by molar-refractivity contribution is -0.120. The maximum atomic E-state index is 13.1. The van der Waals surface area contributed by atoms with Gasteiger partial charge in [0.2, 0.25) is 0 Å². The number of anilines is 2. The van der Waals surface area contributed by atoms with E-state index < -0.39 is 23.6 Å². The first kappa shape index (κ1) is 20.5. The Kier molecular flexibility index (Phi) is 6.29. The number of ether oxygens (including phenoxy) is 1. The van der Waals surface area contributed by atoms with Crippen LogP contribution in [0.15, 0.2) is 59.3 Å². The number of esters is 1. The van der Waals surface area contributed by atoms with E-state index in [9.17, 15) is 18.8 Å². The number of rotatable bonds is 7. The number of imide groups is 1. The fraction of sp³-hybridized carbons (Fsp3) is 0.190. The molecule has 8 heteroatoms. The maximum Gasteiger partial charge on any atom is 0.338 e. The standard InChI is InChI=1S/C21H18ClFN2O4/c1-2-3-11-29-21(28)13-5-4-6-15(12-13)24-18-17(22)19(26)25(20(18)27)16-9-7-14(23)8-10-16/h4-10,12,24H,2-3,11H2,1H3. The van der Waals surface area contributed by atoms with E-state index in [4.69, 9.17) is 16.3 Å². The van der Waals surface area contributed by atoms with Crippen molar-refractivity contribution in [1.29, 1.82) is 0 Å². The summed E-state index contributed by atoms with van der Waals surface area (Å²) in [5.41, 5.74) is 0.766. The third-order valence-corrected chi connectivity index (χ3v) is 4.56. The van der Waals surface area contributed by atoms with Gasteiger partial charge in [-0.05, 0) is 48.9 Å². The molecule has 0 unspecified atom stereocenters. The van der Waals surface area contributed by atoms with Crippen molar-refractivity contribution in [2.24, 2.45) is 0 Å². The van der Waals surface area contributed by atoms with E-state index in [1.165, 1.54) is 18.2 Å². The monoisotopic (exact) mass is 416 g/mol. The number of amides is 2. The molecule has 0 aromatic heterocycles. The Morgan fingerprint density at radius 1 is 1.14 bits per heavy atom. The van der Waals surface area contributed by atoms with Gasteiger partial charge in [-0.15, -0.1) is 0 Å². The molecule has 1 aliphatic heterocycles. The average Bonchev–Trinajstić information content (AvgIpc) is 2.92. The Labute approximate surface area is 171 Å². The number of unbranched alkanes of at least 4 members (excludes halogenated alkanes) is 1. The van der Waals surface area contributed by atoms with E-state index in [0.717, 1.165) is 29.9 Å². The normalized spacial score (nSPS) is 13.8. The van der Waals surface area contributed by atoms with Crippen molar-refractivity contribution in [2.75, 3.05) is 16.8 Å².